The summed E-state index contributed by atoms with van der Waals surface area (Å²) in [6, 6.07) is 6.98. The quantitative estimate of drug-likeness (QED) is 0.650. The van der Waals surface area contributed by atoms with Crippen LogP contribution >= 0.6 is 0 Å². The molecule has 126 valence electrons. The first-order chi connectivity index (χ1) is 11.4. The second-order valence-electron chi connectivity index (χ2n) is 5.65. The van der Waals surface area contributed by atoms with Crippen molar-refractivity contribution in [2.45, 2.75) is 24.8 Å². The van der Waals surface area contributed by atoms with E-state index in [0.717, 1.165) is 22.3 Å². The third-order valence-electron chi connectivity index (χ3n) is 3.56. The molecular formula is C16H18N4O3S. The largest absolute Gasteiger partial charge is 0.392 e. The minimum atomic E-state index is -3.68. The molecule has 0 saturated heterocycles. The first-order valence-corrected chi connectivity index (χ1v) is 8.93. The van der Waals surface area contributed by atoms with E-state index in [0.29, 0.717) is 5.69 Å². The van der Waals surface area contributed by atoms with E-state index < -0.39 is 16.1 Å². The van der Waals surface area contributed by atoms with Gasteiger partial charge in [0.1, 0.15) is 10.5 Å². The SMILES string of the molecule is Cc1cc2c(-c3ccc(S(=O)(=O)NC[C@H](C)O)cn3)ccnc2[nH]1. The number of aliphatic hydroxyl groups is 1. The van der Waals surface area contributed by atoms with Crippen LogP contribution in [0.5, 0.6) is 0 Å². The number of sulfonamides is 1. The van der Waals surface area contributed by atoms with Gasteiger partial charge in [0.05, 0.1) is 11.8 Å². The highest BCUT2D eigenvalue weighted by Gasteiger charge is 2.16. The molecule has 3 aromatic rings. The summed E-state index contributed by atoms with van der Waals surface area (Å²) in [5.74, 6) is 0. The molecule has 0 amide bonds. The topological polar surface area (TPSA) is 108 Å². The number of aryl methyl sites for hydroxylation is 1. The van der Waals surface area contributed by atoms with E-state index in [2.05, 4.69) is 19.7 Å². The van der Waals surface area contributed by atoms with Crippen LogP contribution in [0.4, 0.5) is 0 Å². The molecule has 0 aliphatic rings. The lowest BCUT2D eigenvalue weighted by atomic mass is 10.1. The Morgan fingerprint density at radius 2 is 2.08 bits per heavy atom. The van der Waals surface area contributed by atoms with Crippen LogP contribution < -0.4 is 4.72 Å². The lowest BCUT2D eigenvalue weighted by molar-refractivity contribution is 0.198. The lowest BCUT2D eigenvalue weighted by Crippen LogP contribution is -2.30. The molecule has 0 spiro atoms. The van der Waals surface area contributed by atoms with Gasteiger partial charge in [0, 0.05) is 35.6 Å². The van der Waals surface area contributed by atoms with Gasteiger partial charge in [-0.1, -0.05) is 0 Å². The second kappa shape index (κ2) is 6.31. The van der Waals surface area contributed by atoms with E-state index in [4.69, 9.17) is 0 Å². The number of fused-ring (bicyclic) bond motifs is 1. The average molecular weight is 346 g/mol. The molecule has 3 aromatic heterocycles. The van der Waals surface area contributed by atoms with Crippen LogP contribution in [0.2, 0.25) is 0 Å². The van der Waals surface area contributed by atoms with Crippen molar-refractivity contribution < 1.29 is 13.5 Å². The van der Waals surface area contributed by atoms with E-state index in [1.54, 1.807) is 12.3 Å². The maximum atomic E-state index is 12.1. The highest BCUT2D eigenvalue weighted by atomic mass is 32.2. The molecule has 0 bridgehead atoms. The molecule has 7 nitrogen and oxygen atoms in total. The van der Waals surface area contributed by atoms with Crippen molar-refractivity contribution >= 4 is 21.1 Å². The number of H-pyrrole nitrogens is 1. The summed E-state index contributed by atoms with van der Waals surface area (Å²) in [6.07, 6.45) is 2.24. The third-order valence-corrected chi connectivity index (χ3v) is 4.97. The van der Waals surface area contributed by atoms with E-state index in [1.807, 2.05) is 19.1 Å². The molecule has 3 heterocycles. The van der Waals surface area contributed by atoms with Crippen molar-refractivity contribution in [3.8, 4) is 11.3 Å². The standard InChI is InChI=1S/C16H18N4O3S/c1-10-7-14-13(5-6-17-16(14)20-10)15-4-3-12(9-18-15)24(22,23)19-8-11(2)21/h3-7,9,11,19,21H,8H2,1-2H3,(H,17,20)/t11-/m0/s1. The Balaban J connectivity index is 1.94. The summed E-state index contributed by atoms with van der Waals surface area (Å²) in [5.41, 5.74) is 3.30. The maximum absolute atomic E-state index is 12.1. The van der Waals surface area contributed by atoms with Crippen molar-refractivity contribution in [1.29, 1.82) is 0 Å². The van der Waals surface area contributed by atoms with Crippen molar-refractivity contribution in [2.24, 2.45) is 0 Å². The van der Waals surface area contributed by atoms with Gasteiger partial charge in [0.15, 0.2) is 0 Å². The molecule has 24 heavy (non-hydrogen) atoms. The van der Waals surface area contributed by atoms with Crippen molar-refractivity contribution in [1.82, 2.24) is 19.7 Å². The summed E-state index contributed by atoms with van der Waals surface area (Å²) >= 11 is 0. The van der Waals surface area contributed by atoms with Crippen LogP contribution in [-0.2, 0) is 10.0 Å². The smallest absolute Gasteiger partial charge is 0.242 e. The molecule has 1 atom stereocenters. The Morgan fingerprint density at radius 1 is 1.29 bits per heavy atom. The fourth-order valence-electron chi connectivity index (χ4n) is 2.39. The van der Waals surface area contributed by atoms with Crippen LogP contribution in [0.3, 0.4) is 0 Å². The van der Waals surface area contributed by atoms with Gasteiger partial charge in [-0.3, -0.25) is 4.98 Å². The number of aromatic amines is 1. The predicted molar refractivity (Wildman–Crippen MR) is 90.9 cm³/mol. The molecular weight excluding hydrogens is 328 g/mol. The molecule has 0 saturated carbocycles. The zero-order chi connectivity index (χ0) is 17.3. The number of aliphatic hydroxyl groups excluding tert-OH is 1. The van der Waals surface area contributed by atoms with Gasteiger partial charge >= 0.3 is 0 Å². The van der Waals surface area contributed by atoms with Crippen molar-refractivity contribution in [3.63, 3.8) is 0 Å². The zero-order valence-electron chi connectivity index (χ0n) is 13.3. The molecule has 0 unspecified atom stereocenters. The number of hydrogen-bond donors (Lipinski definition) is 3. The third kappa shape index (κ3) is 3.30. The van der Waals surface area contributed by atoms with Crippen molar-refractivity contribution in [3.05, 3.63) is 42.4 Å². The number of nitrogens with one attached hydrogen (secondary N) is 2. The summed E-state index contributed by atoms with van der Waals surface area (Å²) in [7, 11) is -3.68. The molecule has 0 radical (unpaired) electrons. The number of rotatable bonds is 5. The Morgan fingerprint density at radius 3 is 2.75 bits per heavy atom. The highest BCUT2D eigenvalue weighted by molar-refractivity contribution is 7.89. The van der Waals surface area contributed by atoms with Gasteiger partial charge in [-0.05, 0) is 38.1 Å². The van der Waals surface area contributed by atoms with Crippen molar-refractivity contribution in [2.75, 3.05) is 6.54 Å². The average Bonchev–Trinajstić information content (AvgIpc) is 2.93. The summed E-state index contributed by atoms with van der Waals surface area (Å²) in [6.45, 7) is 3.41. The number of hydrogen-bond acceptors (Lipinski definition) is 5. The number of pyridine rings is 2. The number of nitrogens with zero attached hydrogens (tertiary/aromatic N) is 2. The van der Waals surface area contributed by atoms with E-state index in [9.17, 15) is 13.5 Å². The molecule has 0 fully saturated rings. The Kier molecular flexibility index (Phi) is 4.35. The highest BCUT2D eigenvalue weighted by Crippen LogP contribution is 2.27. The number of aromatic nitrogens is 3. The molecule has 3 N–H and O–H groups in total. The summed E-state index contributed by atoms with van der Waals surface area (Å²) < 4.78 is 26.6. The molecule has 3 rings (SSSR count). The first kappa shape index (κ1) is 16.6. The molecule has 0 aromatic carbocycles. The van der Waals surface area contributed by atoms with Gasteiger partial charge in [0.25, 0.3) is 0 Å². The fraction of sp³-hybridized carbons (Fsp3) is 0.250. The monoisotopic (exact) mass is 346 g/mol. The van der Waals surface area contributed by atoms with Gasteiger partial charge in [-0.15, -0.1) is 0 Å². The first-order valence-electron chi connectivity index (χ1n) is 7.45. The minimum Gasteiger partial charge on any atom is -0.392 e. The Hall–Kier alpha value is -2.29. The fourth-order valence-corrected chi connectivity index (χ4v) is 3.46. The minimum absolute atomic E-state index is 0.0440. The van der Waals surface area contributed by atoms with E-state index >= 15 is 0 Å². The van der Waals surface area contributed by atoms with E-state index in [-0.39, 0.29) is 11.4 Å². The van der Waals surface area contributed by atoms with Gasteiger partial charge in [-0.2, -0.15) is 0 Å². The van der Waals surface area contributed by atoms with Crippen LogP contribution in [-0.4, -0.2) is 41.1 Å². The Labute approximate surface area is 139 Å². The van der Waals surface area contributed by atoms with E-state index in [1.165, 1.54) is 19.2 Å². The summed E-state index contributed by atoms with van der Waals surface area (Å²) in [4.78, 5) is 11.8. The van der Waals surface area contributed by atoms with Crippen LogP contribution in [0.15, 0.2) is 41.6 Å². The summed E-state index contributed by atoms with van der Waals surface area (Å²) in [5, 5.41) is 10.1. The second-order valence-corrected chi connectivity index (χ2v) is 7.42. The van der Waals surface area contributed by atoms with Gasteiger partial charge in [0.2, 0.25) is 10.0 Å². The normalized spacial score (nSPS) is 13.3. The zero-order valence-corrected chi connectivity index (χ0v) is 14.1. The van der Waals surface area contributed by atoms with Crippen LogP contribution in [0.25, 0.3) is 22.3 Å². The Bertz CT molecular complexity index is 963. The predicted octanol–water partition coefficient (Wildman–Crippen LogP) is 1.59. The van der Waals surface area contributed by atoms with Crippen LogP contribution in [0.1, 0.15) is 12.6 Å². The van der Waals surface area contributed by atoms with Gasteiger partial charge in [-0.25, -0.2) is 18.1 Å². The lowest BCUT2D eigenvalue weighted by Gasteiger charge is -2.09. The van der Waals surface area contributed by atoms with Gasteiger partial charge < -0.3 is 10.1 Å². The molecule has 0 aliphatic carbocycles. The molecule has 0 aliphatic heterocycles. The maximum Gasteiger partial charge on any atom is 0.242 e. The molecule has 8 heteroatoms. The van der Waals surface area contributed by atoms with Crippen LogP contribution in [0, 0.1) is 6.92 Å².